The smallest absolute Gasteiger partial charge is 0.272 e. The van der Waals surface area contributed by atoms with Crippen molar-refractivity contribution in [3.05, 3.63) is 34.1 Å². The van der Waals surface area contributed by atoms with Crippen LogP contribution in [0.3, 0.4) is 0 Å². The Morgan fingerprint density at radius 3 is 2.76 bits per heavy atom. The van der Waals surface area contributed by atoms with Crippen molar-refractivity contribution >= 4 is 17.3 Å². The van der Waals surface area contributed by atoms with Gasteiger partial charge in [-0.15, -0.1) is 0 Å². The van der Waals surface area contributed by atoms with Crippen LogP contribution in [0.4, 0.5) is 15.8 Å². The molecule has 1 aromatic rings. The van der Waals surface area contributed by atoms with Crippen LogP contribution in [0.1, 0.15) is 6.42 Å². The van der Waals surface area contributed by atoms with E-state index in [1.807, 2.05) is 0 Å². The monoisotopic (exact) mass is 297 g/mol. The summed E-state index contributed by atoms with van der Waals surface area (Å²) in [6, 6.07) is 3.37. The predicted molar refractivity (Wildman–Crippen MR) is 73.6 cm³/mol. The van der Waals surface area contributed by atoms with Crippen LogP contribution in [0, 0.1) is 15.9 Å². The van der Waals surface area contributed by atoms with Crippen LogP contribution in [0.15, 0.2) is 18.2 Å². The van der Waals surface area contributed by atoms with Gasteiger partial charge in [0.05, 0.1) is 29.9 Å². The molecule has 0 atom stereocenters. The van der Waals surface area contributed by atoms with Gasteiger partial charge < -0.3 is 15.0 Å². The summed E-state index contributed by atoms with van der Waals surface area (Å²) >= 11 is 0. The highest BCUT2D eigenvalue weighted by Gasteiger charge is 2.16. The van der Waals surface area contributed by atoms with Gasteiger partial charge in [-0.3, -0.25) is 14.9 Å². The Hall–Kier alpha value is -2.22. The summed E-state index contributed by atoms with van der Waals surface area (Å²) < 4.78 is 18.8. The van der Waals surface area contributed by atoms with E-state index in [9.17, 15) is 19.3 Å². The molecule has 8 heteroatoms. The molecule has 114 valence electrons. The average Bonchev–Trinajstić information content (AvgIpc) is 2.49. The maximum atomic E-state index is 13.6. The highest BCUT2D eigenvalue weighted by molar-refractivity contribution is 5.76. The van der Waals surface area contributed by atoms with Crippen LogP contribution >= 0.6 is 0 Å². The minimum atomic E-state index is -0.706. The van der Waals surface area contributed by atoms with E-state index in [0.717, 1.165) is 6.07 Å². The normalized spacial score (nSPS) is 14.8. The summed E-state index contributed by atoms with van der Waals surface area (Å²) in [5.74, 6) is -0.726. The Balaban J connectivity index is 1.83. The van der Waals surface area contributed by atoms with Crippen molar-refractivity contribution in [2.75, 3.05) is 38.2 Å². The molecule has 1 amide bonds. The molecule has 1 aliphatic heterocycles. The number of ether oxygens (including phenoxy) is 1. The number of nitrogens with zero attached hydrogens (tertiary/aromatic N) is 2. The molecule has 1 aliphatic rings. The zero-order valence-corrected chi connectivity index (χ0v) is 11.4. The molecule has 0 radical (unpaired) electrons. The second-order valence-electron chi connectivity index (χ2n) is 4.59. The van der Waals surface area contributed by atoms with Gasteiger partial charge in [0.25, 0.3) is 5.69 Å². The largest absolute Gasteiger partial charge is 0.382 e. The van der Waals surface area contributed by atoms with Crippen LogP contribution in [-0.4, -0.2) is 48.6 Å². The van der Waals surface area contributed by atoms with E-state index in [2.05, 4.69) is 5.32 Å². The Bertz CT molecular complexity index is 532. The molecule has 0 unspecified atom stereocenters. The first-order valence-corrected chi connectivity index (χ1v) is 6.61. The molecule has 1 aromatic carbocycles. The molecule has 0 spiro atoms. The van der Waals surface area contributed by atoms with Crippen LogP contribution in [0.2, 0.25) is 0 Å². The van der Waals surface area contributed by atoms with Crippen molar-refractivity contribution in [2.24, 2.45) is 0 Å². The number of nitro benzene ring substituents is 1. The Morgan fingerprint density at radius 2 is 2.14 bits per heavy atom. The van der Waals surface area contributed by atoms with Crippen molar-refractivity contribution in [2.45, 2.75) is 6.42 Å². The molecule has 0 bridgehead atoms. The van der Waals surface area contributed by atoms with Gasteiger partial charge in [0.1, 0.15) is 0 Å². The Labute approximate surface area is 120 Å². The van der Waals surface area contributed by atoms with Crippen molar-refractivity contribution < 1.29 is 18.8 Å². The lowest BCUT2D eigenvalue weighted by Gasteiger charge is -2.26. The number of halogens is 1. The first-order chi connectivity index (χ1) is 10.1. The van der Waals surface area contributed by atoms with E-state index in [-0.39, 0.29) is 30.2 Å². The number of benzene rings is 1. The fourth-order valence-electron chi connectivity index (χ4n) is 2.04. The third-order valence-electron chi connectivity index (χ3n) is 3.18. The fraction of sp³-hybridized carbons (Fsp3) is 0.462. The molecule has 21 heavy (non-hydrogen) atoms. The summed E-state index contributed by atoms with van der Waals surface area (Å²) in [5, 5.41) is 13.3. The molecule has 1 saturated heterocycles. The molecule has 7 nitrogen and oxygen atoms in total. The van der Waals surface area contributed by atoms with E-state index in [4.69, 9.17) is 4.74 Å². The molecule has 1 heterocycles. The third kappa shape index (κ3) is 4.12. The standard InChI is InChI=1S/C13H16FN3O4/c14-11-9-10(17(19)20)1-2-12(11)15-4-3-13(18)16-5-7-21-8-6-16/h1-2,9,15H,3-8H2. The summed E-state index contributed by atoms with van der Waals surface area (Å²) in [6.07, 6.45) is 0.233. The number of nitro groups is 1. The summed E-state index contributed by atoms with van der Waals surface area (Å²) in [5.41, 5.74) is -0.155. The number of hydrogen-bond donors (Lipinski definition) is 1. The third-order valence-corrected chi connectivity index (χ3v) is 3.18. The van der Waals surface area contributed by atoms with Crippen LogP contribution in [0.5, 0.6) is 0 Å². The lowest BCUT2D eigenvalue weighted by molar-refractivity contribution is -0.385. The zero-order valence-electron chi connectivity index (χ0n) is 11.4. The van der Waals surface area contributed by atoms with Gasteiger partial charge in [-0.25, -0.2) is 4.39 Å². The summed E-state index contributed by atoms with van der Waals surface area (Å²) in [4.78, 5) is 23.4. The van der Waals surface area contributed by atoms with Crippen molar-refractivity contribution in [1.82, 2.24) is 4.90 Å². The van der Waals surface area contributed by atoms with Gasteiger partial charge >= 0.3 is 0 Å². The van der Waals surface area contributed by atoms with Crippen LogP contribution in [-0.2, 0) is 9.53 Å². The van der Waals surface area contributed by atoms with Gasteiger partial charge in [0.15, 0.2) is 5.82 Å². The molecular formula is C13H16FN3O4. The molecule has 0 aromatic heterocycles. The van der Waals surface area contributed by atoms with Gasteiger partial charge in [-0.2, -0.15) is 0 Å². The number of nitrogens with one attached hydrogen (secondary N) is 1. The Morgan fingerprint density at radius 1 is 1.43 bits per heavy atom. The second kappa shape index (κ2) is 6.98. The van der Waals surface area contributed by atoms with Crippen molar-refractivity contribution in [3.63, 3.8) is 0 Å². The van der Waals surface area contributed by atoms with Gasteiger partial charge in [-0.05, 0) is 6.07 Å². The van der Waals surface area contributed by atoms with Crippen molar-refractivity contribution in [1.29, 1.82) is 0 Å². The number of rotatable bonds is 5. The average molecular weight is 297 g/mol. The Kier molecular flexibility index (Phi) is 5.04. The molecular weight excluding hydrogens is 281 g/mol. The summed E-state index contributed by atoms with van der Waals surface area (Å²) in [7, 11) is 0. The quantitative estimate of drug-likeness (QED) is 0.656. The van der Waals surface area contributed by atoms with E-state index in [1.54, 1.807) is 4.90 Å². The van der Waals surface area contributed by atoms with E-state index >= 15 is 0 Å². The topological polar surface area (TPSA) is 84.7 Å². The van der Waals surface area contributed by atoms with Crippen LogP contribution < -0.4 is 5.32 Å². The first kappa shape index (κ1) is 15.2. The lowest BCUT2D eigenvalue weighted by Crippen LogP contribution is -2.41. The number of amides is 1. The number of hydrogen-bond acceptors (Lipinski definition) is 5. The van der Waals surface area contributed by atoms with Gasteiger partial charge in [0.2, 0.25) is 5.91 Å². The van der Waals surface area contributed by atoms with E-state index < -0.39 is 10.7 Å². The molecule has 0 saturated carbocycles. The highest BCUT2D eigenvalue weighted by Crippen LogP contribution is 2.20. The minimum absolute atomic E-state index is 0.0203. The molecule has 0 aliphatic carbocycles. The lowest BCUT2D eigenvalue weighted by atomic mass is 10.2. The maximum absolute atomic E-state index is 13.6. The summed E-state index contributed by atoms with van der Waals surface area (Å²) in [6.45, 7) is 2.49. The molecule has 1 N–H and O–H groups in total. The van der Waals surface area contributed by atoms with Gasteiger partial charge in [0, 0.05) is 32.1 Å². The number of non-ortho nitro benzene ring substituents is 1. The minimum Gasteiger partial charge on any atom is -0.382 e. The first-order valence-electron chi connectivity index (χ1n) is 6.61. The molecule has 1 fully saturated rings. The predicted octanol–water partition coefficient (Wildman–Crippen LogP) is 1.39. The zero-order chi connectivity index (χ0) is 15.2. The highest BCUT2D eigenvalue weighted by atomic mass is 19.1. The van der Waals surface area contributed by atoms with E-state index in [1.165, 1.54) is 12.1 Å². The maximum Gasteiger partial charge on any atom is 0.272 e. The molecule has 2 rings (SSSR count). The number of morpholine rings is 1. The second-order valence-corrected chi connectivity index (χ2v) is 4.59. The number of carbonyl (C=O) groups is 1. The SMILES string of the molecule is O=C(CCNc1ccc([N+](=O)[O-])cc1F)N1CCOCC1. The van der Waals surface area contributed by atoms with E-state index in [0.29, 0.717) is 26.3 Å². The van der Waals surface area contributed by atoms with Crippen molar-refractivity contribution in [3.8, 4) is 0 Å². The van der Waals surface area contributed by atoms with Crippen LogP contribution in [0.25, 0.3) is 0 Å². The number of anilines is 1. The number of carbonyl (C=O) groups excluding carboxylic acids is 1. The van der Waals surface area contributed by atoms with Gasteiger partial charge in [-0.1, -0.05) is 0 Å². The fourth-order valence-corrected chi connectivity index (χ4v) is 2.04.